The van der Waals surface area contributed by atoms with Gasteiger partial charge in [-0.15, -0.1) is 0 Å². The SMILES string of the molecule is NCC(N)=O.[PbH2]. The summed E-state index contributed by atoms with van der Waals surface area (Å²) in [6.45, 7) is -0.0556. The normalized spacial score (nSPS) is 6.17. The summed E-state index contributed by atoms with van der Waals surface area (Å²) in [4.78, 5) is 9.47. The number of nitrogens with two attached hydrogens (primary N) is 2. The second-order valence-electron chi connectivity index (χ2n) is 0.670. The molecule has 0 heterocycles. The maximum atomic E-state index is 9.47. The van der Waals surface area contributed by atoms with E-state index in [1.807, 2.05) is 0 Å². The summed E-state index contributed by atoms with van der Waals surface area (Å²) >= 11 is 0. The van der Waals surface area contributed by atoms with Crippen LogP contribution in [0.15, 0.2) is 0 Å². The molecule has 0 aliphatic heterocycles. The van der Waals surface area contributed by atoms with E-state index >= 15 is 0 Å². The zero-order valence-corrected chi connectivity index (χ0v) is 8.97. The van der Waals surface area contributed by atoms with E-state index in [4.69, 9.17) is 5.73 Å². The Morgan fingerprint density at radius 3 is 1.83 bits per heavy atom. The van der Waals surface area contributed by atoms with Gasteiger partial charge in [-0.2, -0.15) is 0 Å². The van der Waals surface area contributed by atoms with Gasteiger partial charge < -0.3 is 11.5 Å². The second-order valence-corrected chi connectivity index (χ2v) is 0.670. The van der Waals surface area contributed by atoms with Gasteiger partial charge >= 0.3 is 27.3 Å². The van der Waals surface area contributed by atoms with Crippen LogP contribution in [-0.4, -0.2) is 39.8 Å². The molecule has 0 aliphatic rings. The van der Waals surface area contributed by atoms with E-state index in [1.165, 1.54) is 0 Å². The Morgan fingerprint density at radius 2 is 1.83 bits per heavy atom. The number of carbonyl (C=O) groups excluding carboxylic acids is 1. The van der Waals surface area contributed by atoms with Crippen LogP contribution in [0.5, 0.6) is 0 Å². The van der Waals surface area contributed by atoms with Crippen molar-refractivity contribution in [1.29, 1.82) is 0 Å². The zero-order valence-electron chi connectivity index (χ0n) is 3.48. The van der Waals surface area contributed by atoms with Crippen LogP contribution in [0.4, 0.5) is 0 Å². The number of hydrogen-bond donors (Lipinski definition) is 2. The molecule has 0 spiro atoms. The molecule has 2 radical (unpaired) electrons. The van der Waals surface area contributed by atoms with Gasteiger partial charge in [-0.05, 0) is 0 Å². The van der Waals surface area contributed by atoms with Crippen molar-refractivity contribution in [2.24, 2.45) is 11.5 Å². The van der Waals surface area contributed by atoms with Crippen LogP contribution in [0.2, 0.25) is 0 Å². The van der Waals surface area contributed by atoms with Crippen LogP contribution in [0.1, 0.15) is 0 Å². The van der Waals surface area contributed by atoms with Gasteiger partial charge in [0, 0.05) is 0 Å². The van der Waals surface area contributed by atoms with Gasteiger partial charge in [-0.3, -0.25) is 4.79 Å². The molecule has 1 amide bonds. The second kappa shape index (κ2) is 5.35. The molecule has 0 saturated carbocycles. The van der Waals surface area contributed by atoms with E-state index in [2.05, 4.69) is 5.73 Å². The van der Waals surface area contributed by atoms with Crippen molar-refractivity contribution >= 4 is 33.2 Å². The molecule has 0 atom stereocenters. The quantitative estimate of drug-likeness (QED) is 0.523. The molecular weight excluding hydrogens is 275 g/mol. The third-order valence-corrected chi connectivity index (χ3v) is 0.201. The van der Waals surface area contributed by atoms with E-state index < -0.39 is 5.91 Å². The molecule has 0 saturated heterocycles. The number of amides is 1. The van der Waals surface area contributed by atoms with Gasteiger partial charge in [0.25, 0.3) is 0 Å². The predicted octanol–water partition coefficient (Wildman–Crippen LogP) is -2.49. The van der Waals surface area contributed by atoms with Gasteiger partial charge in [0.15, 0.2) is 0 Å². The number of carbonyl (C=O) groups is 1. The Labute approximate surface area is 56.2 Å². The van der Waals surface area contributed by atoms with Gasteiger partial charge in [0.05, 0.1) is 6.54 Å². The van der Waals surface area contributed by atoms with Crippen molar-refractivity contribution in [2.75, 3.05) is 6.54 Å². The Hall–Kier alpha value is 0.352. The molecule has 3 nitrogen and oxygen atoms in total. The molecule has 0 aliphatic carbocycles. The molecule has 0 aromatic carbocycles. The van der Waals surface area contributed by atoms with Crippen molar-refractivity contribution in [2.45, 2.75) is 0 Å². The van der Waals surface area contributed by atoms with Crippen LogP contribution < -0.4 is 11.5 Å². The minimum atomic E-state index is -0.468. The molecule has 0 unspecified atom stereocenters. The van der Waals surface area contributed by atoms with Crippen LogP contribution in [0.3, 0.4) is 0 Å². The van der Waals surface area contributed by atoms with E-state index in [0.29, 0.717) is 0 Å². The third-order valence-electron chi connectivity index (χ3n) is 0.201. The first kappa shape index (κ1) is 9.61. The average molecular weight is 283 g/mol. The number of rotatable bonds is 1. The van der Waals surface area contributed by atoms with E-state index in [1.54, 1.807) is 0 Å². The molecule has 6 heavy (non-hydrogen) atoms. The maximum absolute atomic E-state index is 9.47. The summed E-state index contributed by atoms with van der Waals surface area (Å²) in [7, 11) is 0. The van der Waals surface area contributed by atoms with Crippen LogP contribution in [0, 0.1) is 0 Å². The third kappa shape index (κ3) is 8.84. The fraction of sp³-hybridized carbons (Fsp3) is 0.500. The summed E-state index contributed by atoms with van der Waals surface area (Å²) in [5.74, 6) is -0.468. The van der Waals surface area contributed by atoms with Crippen LogP contribution >= 0.6 is 0 Å². The number of primary amides is 1. The molecule has 4 heteroatoms. The summed E-state index contributed by atoms with van der Waals surface area (Å²) in [5, 5.41) is 0. The van der Waals surface area contributed by atoms with E-state index in [-0.39, 0.29) is 33.8 Å². The molecule has 0 rings (SSSR count). The van der Waals surface area contributed by atoms with Crippen molar-refractivity contribution in [3.05, 3.63) is 0 Å². The standard InChI is InChI=1S/C2H6N2O.Pb.2H/c3-1-2(4)5;;;/h1,3H2,(H2,4,5);;;. The number of hydrogen-bond acceptors (Lipinski definition) is 2. The fourth-order valence-electron chi connectivity index (χ4n) is 0. The molecule has 0 bridgehead atoms. The molecule has 0 fully saturated rings. The van der Waals surface area contributed by atoms with Crippen molar-refractivity contribution < 1.29 is 4.79 Å². The van der Waals surface area contributed by atoms with Crippen molar-refractivity contribution in [1.82, 2.24) is 0 Å². The van der Waals surface area contributed by atoms with Crippen molar-refractivity contribution in [3.8, 4) is 0 Å². The Bertz CT molecular complexity index is 46.8. The van der Waals surface area contributed by atoms with E-state index in [9.17, 15) is 4.79 Å². The average Bonchev–Trinajstić information content (AvgIpc) is 1.38. The summed E-state index contributed by atoms with van der Waals surface area (Å²) in [5.41, 5.74) is 9.22. The monoisotopic (exact) mass is 284 g/mol. The van der Waals surface area contributed by atoms with Gasteiger partial charge in [0.2, 0.25) is 5.91 Å². The fourth-order valence-corrected chi connectivity index (χ4v) is 0. The van der Waals surface area contributed by atoms with Gasteiger partial charge in [0.1, 0.15) is 0 Å². The molecular formula is C2H8N2OPb. The Morgan fingerprint density at radius 1 is 1.67 bits per heavy atom. The van der Waals surface area contributed by atoms with Crippen molar-refractivity contribution in [3.63, 3.8) is 0 Å². The minimum absolute atomic E-state index is 0. The summed E-state index contributed by atoms with van der Waals surface area (Å²) in [6, 6.07) is 0. The topological polar surface area (TPSA) is 69.1 Å². The summed E-state index contributed by atoms with van der Waals surface area (Å²) in [6.07, 6.45) is 0. The zero-order chi connectivity index (χ0) is 4.28. The first-order valence-corrected chi connectivity index (χ1v) is 1.25. The Balaban J connectivity index is 0. The molecule has 36 valence electrons. The predicted molar refractivity (Wildman–Crippen MR) is 26.8 cm³/mol. The van der Waals surface area contributed by atoms with E-state index in [0.717, 1.165) is 0 Å². The summed E-state index contributed by atoms with van der Waals surface area (Å²) < 4.78 is 0. The molecule has 4 N–H and O–H groups in total. The first-order valence-electron chi connectivity index (χ1n) is 1.25. The molecule has 0 aromatic heterocycles. The van der Waals surface area contributed by atoms with Crippen LogP contribution in [0.25, 0.3) is 0 Å². The van der Waals surface area contributed by atoms with Gasteiger partial charge in [-0.25, -0.2) is 0 Å². The van der Waals surface area contributed by atoms with Gasteiger partial charge in [-0.1, -0.05) is 0 Å². The molecule has 0 aromatic rings. The Kier molecular flexibility index (Phi) is 8.57. The first-order chi connectivity index (χ1) is 2.27. The van der Waals surface area contributed by atoms with Crippen LogP contribution in [-0.2, 0) is 4.79 Å².